The molecule has 21 heavy (non-hydrogen) atoms. The minimum absolute atomic E-state index is 0.0815. The summed E-state index contributed by atoms with van der Waals surface area (Å²) in [6.45, 7) is 14.2. The van der Waals surface area contributed by atoms with Gasteiger partial charge in [-0.15, -0.1) is 0 Å². The third-order valence-corrected chi connectivity index (χ3v) is 3.07. The van der Waals surface area contributed by atoms with Gasteiger partial charge in [0.25, 0.3) is 0 Å². The lowest BCUT2D eigenvalue weighted by atomic mass is 9.92. The highest BCUT2D eigenvalue weighted by Gasteiger charge is 2.12. The number of rotatable bonds is 8. The molecule has 4 nitrogen and oxygen atoms in total. The molecule has 0 atom stereocenters. The Labute approximate surface area is 130 Å². The number of carbonyl (C=O) groups is 2. The number of unbranched alkanes of at least 4 members (excludes halogenated alkanes) is 1. The first-order valence-corrected chi connectivity index (χ1v) is 8.03. The Balaban J connectivity index is 3.58. The van der Waals surface area contributed by atoms with Crippen LogP contribution in [0.5, 0.6) is 0 Å². The summed E-state index contributed by atoms with van der Waals surface area (Å²) >= 11 is 0. The Bertz CT molecular complexity index is 325. The average molecular weight is 298 g/mol. The van der Waals surface area contributed by atoms with E-state index in [0.717, 1.165) is 25.8 Å². The summed E-state index contributed by atoms with van der Waals surface area (Å²) in [4.78, 5) is 23.2. The highest BCUT2D eigenvalue weighted by Crippen LogP contribution is 2.17. The fraction of sp³-hybridized carbons (Fsp3) is 0.882. The van der Waals surface area contributed by atoms with Gasteiger partial charge in [-0.05, 0) is 30.1 Å². The molecule has 0 aliphatic rings. The van der Waals surface area contributed by atoms with Gasteiger partial charge in [-0.25, -0.2) is 0 Å². The Hall–Kier alpha value is -1.06. The summed E-state index contributed by atoms with van der Waals surface area (Å²) in [6, 6.07) is 0. The van der Waals surface area contributed by atoms with Gasteiger partial charge < -0.3 is 10.6 Å². The van der Waals surface area contributed by atoms with E-state index < -0.39 is 0 Å². The van der Waals surface area contributed by atoms with Gasteiger partial charge in [0.2, 0.25) is 11.8 Å². The van der Waals surface area contributed by atoms with Crippen molar-refractivity contribution in [2.45, 2.75) is 73.6 Å². The van der Waals surface area contributed by atoms with Crippen LogP contribution in [0.3, 0.4) is 0 Å². The Morgan fingerprint density at radius 3 is 1.67 bits per heavy atom. The standard InChI is InChI=1S/C17H34N2O2/c1-16(2,3)11-12-18-14(20)9-7-8-10-15(21)19-13-17(4,5)6/h7-13H2,1-6H3,(H,18,20)(H,19,21). The molecule has 2 amide bonds. The van der Waals surface area contributed by atoms with E-state index in [1.54, 1.807) is 0 Å². The molecule has 0 aliphatic carbocycles. The van der Waals surface area contributed by atoms with Gasteiger partial charge >= 0.3 is 0 Å². The van der Waals surface area contributed by atoms with Crippen molar-refractivity contribution in [3.63, 3.8) is 0 Å². The second-order valence-corrected chi connectivity index (χ2v) is 8.21. The summed E-state index contributed by atoms with van der Waals surface area (Å²) in [7, 11) is 0. The van der Waals surface area contributed by atoms with Crippen LogP contribution in [0, 0.1) is 10.8 Å². The summed E-state index contributed by atoms with van der Waals surface area (Å²) in [5, 5.41) is 5.86. The average Bonchev–Trinajstić information content (AvgIpc) is 2.29. The zero-order valence-electron chi connectivity index (χ0n) is 14.8. The number of nitrogens with one attached hydrogen (secondary N) is 2. The highest BCUT2D eigenvalue weighted by atomic mass is 16.2. The fourth-order valence-electron chi connectivity index (χ4n) is 1.69. The summed E-state index contributed by atoms with van der Waals surface area (Å²) < 4.78 is 0. The summed E-state index contributed by atoms with van der Waals surface area (Å²) in [6.07, 6.45) is 3.53. The highest BCUT2D eigenvalue weighted by molar-refractivity contribution is 5.77. The lowest BCUT2D eigenvalue weighted by molar-refractivity contribution is -0.123. The molecule has 0 aromatic rings. The molecule has 0 aromatic heterocycles. The predicted molar refractivity (Wildman–Crippen MR) is 88.0 cm³/mol. The van der Waals surface area contributed by atoms with Crippen LogP contribution >= 0.6 is 0 Å². The van der Waals surface area contributed by atoms with Gasteiger partial charge in [0.1, 0.15) is 0 Å². The van der Waals surface area contributed by atoms with Gasteiger partial charge in [0.15, 0.2) is 0 Å². The first kappa shape index (κ1) is 19.9. The van der Waals surface area contributed by atoms with E-state index in [1.807, 2.05) is 0 Å². The topological polar surface area (TPSA) is 58.2 Å². The van der Waals surface area contributed by atoms with Crippen LogP contribution in [-0.4, -0.2) is 24.9 Å². The molecular weight excluding hydrogens is 264 g/mol. The molecule has 4 heteroatoms. The second kappa shape index (κ2) is 9.06. The van der Waals surface area contributed by atoms with Crippen LogP contribution in [0.1, 0.15) is 73.6 Å². The largest absolute Gasteiger partial charge is 0.356 e. The van der Waals surface area contributed by atoms with E-state index in [1.165, 1.54) is 0 Å². The van der Waals surface area contributed by atoms with Crippen molar-refractivity contribution in [2.75, 3.05) is 13.1 Å². The van der Waals surface area contributed by atoms with Crippen molar-refractivity contribution in [1.29, 1.82) is 0 Å². The van der Waals surface area contributed by atoms with Crippen LogP contribution < -0.4 is 10.6 Å². The van der Waals surface area contributed by atoms with Crippen LogP contribution in [0.4, 0.5) is 0 Å². The van der Waals surface area contributed by atoms with E-state index in [9.17, 15) is 9.59 Å². The van der Waals surface area contributed by atoms with Gasteiger partial charge in [0, 0.05) is 25.9 Å². The van der Waals surface area contributed by atoms with Crippen LogP contribution in [-0.2, 0) is 9.59 Å². The van der Waals surface area contributed by atoms with Crippen molar-refractivity contribution in [1.82, 2.24) is 10.6 Å². The maximum absolute atomic E-state index is 11.6. The maximum Gasteiger partial charge on any atom is 0.220 e. The third-order valence-electron chi connectivity index (χ3n) is 3.07. The van der Waals surface area contributed by atoms with Crippen LogP contribution in [0.2, 0.25) is 0 Å². The Morgan fingerprint density at radius 1 is 0.762 bits per heavy atom. The SMILES string of the molecule is CC(C)(C)CCNC(=O)CCCCC(=O)NCC(C)(C)C. The zero-order valence-corrected chi connectivity index (χ0v) is 14.8. The molecule has 0 aromatic carbocycles. The van der Waals surface area contributed by atoms with Crippen molar-refractivity contribution in [3.05, 3.63) is 0 Å². The van der Waals surface area contributed by atoms with Crippen molar-refractivity contribution in [3.8, 4) is 0 Å². The molecule has 124 valence electrons. The number of amides is 2. The molecule has 0 radical (unpaired) electrons. The lowest BCUT2D eigenvalue weighted by Gasteiger charge is -2.18. The molecule has 0 saturated heterocycles. The zero-order chi connectivity index (χ0) is 16.5. The first-order chi connectivity index (χ1) is 9.49. The van der Waals surface area contributed by atoms with Gasteiger partial charge in [-0.1, -0.05) is 41.5 Å². The molecular formula is C17H34N2O2. The second-order valence-electron chi connectivity index (χ2n) is 8.21. The molecule has 0 heterocycles. The third kappa shape index (κ3) is 15.2. The monoisotopic (exact) mass is 298 g/mol. The number of hydrogen-bond donors (Lipinski definition) is 2. The number of carbonyl (C=O) groups excluding carboxylic acids is 2. The number of hydrogen-bond acceptors (Lipinski definition) is 2. The minimum Gasteiger partial charge on any atom is -0.356 e. The van der Waals surface area contributed by atoms with Crippen LogP contribution in [0.15, 0.2) is 0 Å². The van der Waals surface area contributed by atoms with Gasteiger partial charge in [-0.3, -0.25) is 9.59 Å². The molecule has 0 fully saturated rings. The molecule has 2 N–H and O–H groups in total. The first-order valence-electron chi connectivity index (χ1n) is 8.03. The Morgan fingerprint density at radius 2 is 1.24 bits per heavy atom. The Kier molecular flexibility index (Phi) is 8.60. The van der Waals surface area contributed by atoms with E-state index in [4.69, 9.17) is 0 Å². The summed E-state index contributed by atoms with van der Waals surface area (Å²) in [5.74, 6) is 0.174. The summed E-state index contributed by atoms with van der Waals surface area (Å²) in [5.41, 5.74) is 0.362. The predicted octanol–water partition coefficient (Wildman–Crippen LogP) is 3.26. The maximum atomic E-state index is 11.6. The normalized spacial score (nSPS) is 12.1. The van der Waals surface area contributed by atoms with Crippen molar-refractivity contribution in [2.24, 2.45) is 10.8 Å². The molecule has 0 bridgehead atoms. The van der Waals surface area contributed by atoms with E-state index in [0.29, 0.717) is 19.4 Å². The van der Waals surface area contributed by atoms with E-state index >= 15 is 0 Å². The van der Waals surface area contributed by atoms with Crippen molar-refractivity contribution < 1.29 is 9.59 Å². The van der Waals surface area contributed by atoms with Gasteiger partial charge in [-0.2, -0.15) is 0 Å². The molecule has 0 saturated carbocycles. The molecule has 0 spiro atoms. The van der Waals surface area contributed by atoms with Crippen molar-refractivity contribution >= 4 is 11.8 Å². The van der Waals surface area contributed by atoms with E-state index in [-0.39, 0.29) is 22.6 Å². The van der Waals surface area contributed by atoms with Crippen LogP contribution in [0.25, 0.3) is 0 Å². The van der Waals surface area contributed by atoms with E-state index in [2.05, 4.69) is 52.2 Å². The lowest BCUT2D eigenvalue weighted by Crippen LogP contribution is -2.32. The molecule has 0 unspecified atom stereocenters. The molecule has 0 rings (SSSR count). The van der Waals surface area contributed by atoms with Gasteiger partial charge in [0.05, 0.1) is 0 Å². The fourth-order valence-corrected chi connectivity index (χ4v) is 1.69. The smallest absolute Gasteiger partial charge is 0.220 e. The minimum atomic E-state index is 0.0815. The molecule has 0 aliphatic heterocycles. The quantitative estimate of drug-likeness (QED) is 0.676.